The number of esters is 1. The molecule has 0 unspecified atom stereocenters. The van der Waals surface area contributed by atoms with Gasteiger partial charge in [0.1, 0.15) is 18.3 Å². The number of carbonyl (C=O) groups excluding carboxylic acids is 3. The first kappa shape index (κ1) is 26.8. The molecule has 194 valence electrons. The highest BCUT2D eigenvalue weighted by atomic mass is 16.5. The van der Waals surface area contributed by atoms with Crippen LogP contribution in [0, 0.1) is 17.8 Å². The van der Waals surface area contributed by atoms with Crippen LogP contribution in [0.3, 0.4) is 0 Å². The SMILES string of the molecule is COC(=O)[C@H]1C[C@H](O)[C@H](O)C[C@@H]1C(=O)N[C@@H]1CCCC[C@@H]1C(=O)N[C@@H]1O[C@@H](C)[C@@H](O)[C@@H](O)[C@@H]1O. The normalized spacial score (nSPS) is 43.0. The zero-order chi connectivity index (χ0) is 25.2. The number of rotatable bonds is 5. The van der Waals surface area contributed by atoms with Crippen molar-refractivity contribution in [1.29, 1.82) is 0 Å². The lowest BCUT2D eigenvalue weighted by molar-refractivity contribution is -0.225. The third-order valence-corrected chi connectivity index (χ3v) is 7.33. The number of carbonyl (C=O) groups is 3. The molecule has 12 heteroatoms. The Bertz CT molecular complexity index is 751. The minimum Gasteiger partial charge on any atom is -0.469 e. The first-order valence-electron chi connectivity index (χ1n) is 11.8. The van der Waals surface area contributed by atoms with E-state index in [2.05, 4.69) is 10.6 Å². The third kappa shape index (κ3) is 5.69. The summed E-state index contributed by atoms with van der Waals surface area (Å²) in [6, 6.07) is -0.558. The number of hydrogen-bond donors (Lipinski definition) is 7. The Labute approximate surface area is 197 Å². The molecule has 12 nitrogen and oxygen atoms in total. The molecule has 3 rings (SSSR count). The maximum absolute atomic E-state index is 13.1. The zero-order valence-electron chi connectivity index (χ0n) is 19.4. The second-order valence-corrected chi connectivity index (χ2v) is 9.59. The third-order valence-electron chi connectivity index (χ3n) is 7.33. The average Bonchev–Trinajstić information content (AvgIpc) is 2.82. The maximum Gasteiger partial charge on any atom is 0.309 e. The number of nitrogens with one attached hydrogen (secondary N) is 2. The lowest BCUT2D eigenvalue weighted by Gasteiger charge is -2.41. The topological polar surface area (TPSA) is 195 Å². The summed E-state index contributed by atoms with van der Waals surface area (Å²) in [5, 5.41) is 55.5. The molecule has 0 aromatic rings. The van der Waals surface area contributed by atoms with Gasteiger partial charge in [-0.25, -0.2) is 0 Å². The van der Waals surface area contributed by atoms with Crippen LogP contribution < -0.4 is 10.6 Å². The van der Waals surface area contributed by atoms with E-state index in [9.17, 15) is 39.9 Å². The van der Waals surface area contributed by atoms with Crippen LogP contribution in [0.15, 0.2) is 0 Å². The molecule has 2 amide bonds. The first-order chi connectivity index (χ1) is 16.0. The molecule has 34 heavy (non-hydrogen) atoms. The molecule has 11 atom stereocenters. The quantitative estimate of drug-likeness (QED) is 0.204. The van der Waals surface area contributed by atoms with Crippen molar-refractivity contribution < 1.29 is 49.4 Å². The molecule has 0 spiro atoms. The van der Waals surface area contributed by atoms with Gasteiger partial charge < -0.3 is 45.6 Å². The molecule has 1 saturated heterocycles. The van der Waals surface area contributed by atoms with E-state index in [0.717, 1.165) is 12.8 Å². The molecule has 7 N–H and O–H groups in total. The summed E-state index contributed by atoms with van der Waals surface area (Å²) in [7, 11) is 1.19. The van der Waals surface area contributed by atoms with E-state index in [0.29, 0.717) is 12.8 Å². The van der Waals surface area contributed by atoms with E-state index in [1.807, 2.05) is 0 Å². The lowest BCUT2D eigenvalue weighted by Crippen LogP contribution is -2.63. The van der Waals surface area contributed by atoms with Gasteiger partial charge in [-0.15, -0.1) is 0 Å². The molecule has 0 aromatic heterocycles. The highest BCUT2D eigenvalue weighted by Crippen LogP contribution is 2.33. The predicted octanol–water partition coefficient (Wildman–Crippen LogP) is -2.47. The smallest absolute Gasteiger partial charge is 0.309 e. The summed E-state index contributed by atoms with van der Waals surface area (Å²) < 4.78 is 10.2. The monoisotopic (exact) mass is 488 g/mol. The van der Waals surface area contributed by atoms with Crippen molar-refractivity contribution in [3.05, 3.63) is 0 Å². The molecule has 0 radical (unpaired) electrons. The van der Waals surface area contributed by atoms with E-state index in [1.165, 1.54) is 14.0 Å². The van der Waals surface area contributed by atoms with Crippen molar-refractivity contribution in [3.8, 4) is 0 Å². The van der Waals surface area contributed by atoms with E-state index in [-0.39, 0.29) is 12.8 Å². The van der Waals surface area contributed by atoms with Gasteiger partial charge in [-0.1, -0.05) is 12.8 Å². The largest absolute Gasteiger partial charge is 0.469 e. The predicted molar refractivity (Wildman–Crippen MR) is 115 cm³/mol. The van der Waals surface area contributed by atoms with Gasteiger partial charge in [-0.3, -0.25) is 14.4 Å². The van der Waals surface area contributed by atoms with Gasteiger partial charge in [0.2, 0.25) is 11.8 Å². The molecule has 0 aromatic carbocycles. The molecule has 1 heterocycles. The fourth-order valence-electron chi connectivity index (χ4n) is 5.19. The van der Waals surface area contributed by atoms with Crippen molar-refractivity contribution in [2.75, 3.05) is 7.11 Å². The Kier molecular flexibility index (Phi) is 8.87. The number of aliphatic hydroxyl groups excluding tert-OH is 5. The highest BCUT2D eigenvalue weighted by Gasteiger charge is 2.46. The fourth-order valence-corrected chi connectivity index (χ4v) is 5.19. The van der Waals surface area contributed by atoms with Crippen LogP contribution in [0.4, 0.5) is 0 Å². The van der Waals surface area contributed by atoms with Gasteiger partial charge in [0.25, 0.3) is 0 Å². The van der Waals surface area contributed by atoms with Gasteiger partial charge in [0.15, 0.2) is 6.23 Å². The Morgan fingerprint density at radius 3 is 2.03 bits per heavy atom. The zero-order valence-corrected chi connectivity index (χ0v) is 19.4. The summed E-state index contributed by atoms with van der Waals surface area (Å²) in [6.07, 6.45) is -6.37. The summed E-state index contributed by atoms with van der Waals surface area (Å²) in [4.78, 5) is 38.3. The Hall–Kier alpha value is -1.83. The van der Waals surface area contributed by atoms with Crippen molar-refractivity contribution in [3.63, 3.8) is 0 Å². The first-order valence-corrected chi connectivity index (χ1v) is 11.8. The number of hydrogen-bond acceptors (Lipinski definition) is 10. The molecule has 2 aliphatic carbocycles. The second-order valence-electron chi connectivity index (χ2n) is 9.59. The fraction of sp³-hybridized carbons (Fsp3) is 0.864. The molecule has 0 bridgehead atoms. The van der Waals surface area contributed by atoms with Crippen molar-refractivity contribution in [2.24, 2.45) is 17.8 Å². The van der Waals surface area contributed by atoms with Crippen LogP contribution in [0.25, 0.3) is 0 Å². The summed E-state index contributed by atoms with van der Waals surface area (Å²) >= 11 is 0. The number of amides is 2. The molecular formula is C22H36N2O10. The number of ether oxygens (including phenoxy) is 2. The van der Waals surface area contributed by atoms with E-state index < -0.39 is 84.4 Å². The van der Waals surface area contributed by atoms with Crippen molar-refractivity contribution in [1.82, 2.24) is 10.6 Å². The Balaban J connectivity index is 1.67. The van der Waals surface area contributed by atoms with Gasteiger partial charge in [0, 0.05) is 6.04 Å². The molecule has 3 aliphatic rings. The molecule has 3 fully saturated rings. The maximum atomic E-state index is 13.1. The van der Waals surface area contributed by atoms with Crippen LogP contribution in [0.1, 0.15) is 45.4 Å². The minimum atomic E-state index is -1.53. The van der Waals surface area contributed by atoms with Gasteiger partial charge in [0.05, 0.1) is 43.2 Å². The van der Waals surface area contributed by atoms with Crippen LogP contribution in [0.5, 0.6) is 0 Å². The Morgan fingerprint density at radius 2 is 1.38 bits per heavy atom. The van der Waals surface area contributed by atoms with Crippen molar-refractivity contribution in [2.45, 2.75) is 94.3 Å². The van der Waals surface area contributed by atoms with Gasteiger partial charge in [-0.2, -0.15) is 0 Å². The standard InChI is InChI=1S/C22H36N2O10/c1-9-16(27)17(28)18(29)21(34-9)24-19(30)10-5-3-4-6-13(10)23-20(31)11-7-14(25)15(26)8-12(11)22(32)33-2/h9-18,21,25-29H,3-8H2,1-2H3,(H,23,31)(H,24,30)/t9-,10-,11-,12-,13+,14+,15-,16+,17+,18-,21+/m0/s1. The minimum absolute atomic E-state index is 0.107. The average molecular weight is 489 g/mol. The summed E-state index contributed by atoms with van der Waals surface area (Å²) in [6.45, 7) is 1.51. The second kappa shape index (κ2) is 11.3. The van der Waals surface area contributed by atoms with E-state index >= 15 is 0 Å². The summed E-state index contributed by atoms with van der Waals surface area (Å²) in [5.74, 6) is -4.12. The van der Waals surface area contributed by atoms with Crippen LogP contribution in [-0.2, 0) is 23.9 Å². The lowest BCUT2D eigenvalue weighted by atomic mass is 9.75. The number of methoxy groups -OCH3 is 1. The summed E-state index contributed by atoms with van der Waals surface area (Å²) in [5.41, 5.74) is 0. The van der Waals surface area contributed by atoms with E-state index in [4.69, 9.17) is 9.47 Å². The van der Waals surface area contributed by atoms with Crippen LogP contribution in [0.2, 0.25) is 0 Å². The van der Waals surface area contributed by atoms with Crippen LogP contribution >= 0.6 is 0 Å². The molecule has 2 saturated carbocycles. The van der Waals surface area contributed by atoms with E-state index in [1.54, 1.807) is 0 Å². The van der Waals surface area contributed by atoms with Gasteiger partial charge >= 0.3 is 5.97 Å². The van der Waals surface area contributed by atoms with Gasteiger partial charge in [-0.05, 0) is 32.6 Å². The van der Waals surface area contributed by atoms with Crippen molar-refractivity contribution >= 4 is 17.8 Å². The van der Waals surface area contributed by atoms with Crippen LogP contribution in [-0.4, -0.2) is 99.3 Å². The molecular weight excluding hydrogens is 452 g/mol. The Morgan fingerprint density at radius 1 is 0.794 bits per heavy atom. The number of aliphatic hydroxyl groups is 5. The highest BCUT2D eigenvalue weighted by molar-refractivity contribution is 5.87. The molecule has 1 aliphatic heterocycles.